The van der Waals surface area contributed by atoms with E-state index in [9.17, 15) is 10.1 Å². The van der Waals surface area contributed by atoms with Crippen LogP contribution in [0, 0.1) is 23.2 Å². The molecule has 0 N–H and O–H groups in total. The van der Waals surface area contributed by atoms with Crippen molar-refractivity contribution in [2.24, 2.45) is 11.8 Å². The van der Waals surface area contributed by atoms with Gasteiger partial charge in [-0.3, -0.25) is 9.78 Å². The summed E-state index contributed by atoms with van der Waals surface area (Å²) in [6, 6.07) is 5.74. The normalized spacial score (nSPS) is 23.2. The molecule has 0 aliphatic heterocycles. The predicted octanol–water partition coefficient (Wildman–Crippen LogP) is 4.25. The molecule has 1 aliphatic carbocycles. The summed E-state index contributed by atoms with van der Waals surface area (Å²) in [5.41, 5.74) is 0.783. The number of nitrogens with zero attached hydrogens (tertiary/aromatic N) is 2. The van der Waals surface area contributed by atoms with Gasteiger partial charge in [0.1, 0.15) is 5.92 Å². The number of aromatic nitrogens is 1. The lowest BCUT2D eigenvalue weighted by Crippen LogP contribution is -2.26. The lowest BCUT2D eigenvalue weighted by molar-refractivity contribution is -0.124. The Bertz CT molecular complexity index is 484. The number of rotatable bonds is 6. The molecule has 0 aromatic carbocycles. The average Bonchev–Trinajstić information content (AvgIpc) is 2.55. The molecule has 1 aliphatic rings. The Kier molecular flexibility index (Phi) is 5.92. The van der Waals surface area contributed by atoms with Gasteiger partial charge in [0.2, 0.25) is 0 Å². The predicted molar refractivity (Wildman–Crippen MR) is 82.6 cm³/mol. The molecule has 3 heteroatoms. The minimum Gasteiger partial charge on any atom is -0.298 e. The number of carbonyl (C=O) groups is 1. The van der Waals surface area contributed by atoms with Crippen molar-refractivity contribution in [2.45, 2.75) is 57.8 Å². The summed E-state index contributed by atoms with van der Waals surface area (Å²) in [6.45, 7) is 2.22. The highest BCUT2D eigenvalue weighted by atomic mass is 16.1. The maximum absolute atomic E-state index is 12.6. The summed E-state index contributed by atoms with van der Waals surface area (Å²) < 4.78 is 0. The number of carbonyl (C=O) groups excluding carboxylic acids is 1. The van der Waals surface area contributed by atoms with Crippen LogP contribution in [0.4, 0.5) is 0 Å². The average molecular weight is 284 g/mol. The third kappa shape index (κ3) is 4.14. The SMILES string of the molecule is CCCCC1CCC(C(=O)C(C#N)c2ccncc2)CC1. The van der Waals surface area contributed by atoms with E-state index in [2.05, 4.69) is 18.0 Å². The minimum absolute atomic E-state index is 0.0701. The van der Waals surface area contributed by atoms with Gasteiger partial charge in [0.05, 0.1) is 6.07 Å². The molecule has 1 atom stereocenters. The van der Waals surface area contributed by atoms with Gasteiger partial charge in [-0.15, -0.1) is 0 Å². The smallest absolute Gasteiger partial charge is 0.157 e. The lowest BCUT2D eigenvalue weighted by atomic mass is 9.75. The van der Waals surface area contributed by atoms with E-state index < -0.39 is 5.92 Å². The zero-order chi connectivity index (χ0) is 15.1. The summed E-state index contributed by atoms with van der Waals surface area (Å²) >= 11 is 0. The molecule has 1 aromatic rings. The van der Waals surface area contributed by atoms with Gasteiger partial charge in [-0.05, 0) is 49.3 Å². The van der Waals surface area contributed by atoms with Gasteiger partial charge < -0.3 is 0 Å². The summed E-state index contributed by atoms with van der Waals surface area (Å²) in [5, 5.41) is 9.36. The monoisotopic (exact) mass is 284 g/mol. The molecule has 1 aromatic heterocycles. The second kappa shape index (κ2) is 7.93. The van der Waals surface area contributed by atoms with Crippen LogP contribution in [0.3, 0.4) is 0 Å². The minimum atomic E-state index is -0.620. The van der Waals surface area contributed by atoms with Crippen LogP contribution in [-0.2, 0) is 4.79 Å². The number of nitriles is 1. The van der Waals surface area contributed by atoms with Gasteiger partial charge in [-0.25, -0.2) is 0 Å². The van der Waals surface area contributed by atoms with E-state index >= 15 is 0 Å². The molecule has 1 saturated carbocycles. The first-order chi connectivity index (χ1) is 10.3. The Balaban J connectivity index is 1.93. The van der Waals surface area contributed by atoms with Crippen molar-refractivity contribution in [1.29, 1.82) is 5.26 Å². The Morgan fingerprint density at radius 1 is 1.33 bits per heavy atom. The zero-order valence-electron chi connectivity index (χ0n) is 12.8. The number of hydrogen-bond donors (Lipinski definition) is 0. The molecule has 21 heavy (non-hydrogen) atoms. The molecule has 0 radical (unpaired) electrons. The van der Waals surface area contributed by atoms with Crippen molar-refractivity contribution in [3.05, 3.63) is 30.1 Å². The van der Waals surface area contributed by atoms with Gasteiger partial charge in [0.15, 0.2) is 5.78 Å². The lowest BCUT2D eigenvalue weighted by Gasteiger charge is -2.28. The fourth-order valence-corrected chi connectivity index (χ4v) is 3.32. The summed E-state index contributed by atoms with van der Waals surface area (Å²) in [4.78, 5) is 16.6. The van der Waals surface area contributed by atoms with Gasteiger partial charge in [0, 0.05) is 18.3 Å². The van der Waals surface area contributed by atoms with Crippen molar-refractivity contribution in [2.75, 3.05) is 0 Å². The first kappa shape index (κ1) is 15.7. The molecule has 0 spiro atoms. The highest BCUT2D eigenvalue weighted by Gasteiger charge is 2.31. The molecule has 1 unspecified atom stereocenters. The second-order valence-electron chi connectivity index (χ2n) is 6.10. The fraction of sp³-hybridized carbons (Fsp3) is 0.611. The van der Waals surface area contributed by atoms with Crippen LogP contribution in [0.1, 0.15) is 63.4 Å². The summed E-state index contributed by atoms with van der Waals surface area (Å²) in [7, 11) is 0. The molecular formula is C18H24N2O. The molecule has 3 nitrogen and oxygen atoms in total. The standard InChI is InChI=1S/C18H24N2O/c1-2-3-4-14-5-7-16(8-6-14)18(21)17(13-19)15-9-11-20-12-10-15/h9-12,14,16-17H,2-8H2,1H3. The quantitative estimate of drug-likeness (QED) is 0.784. The Labute approximate surface area is 127 Å². The highest BCUT2D eigenvalue weighted by molar-refractivity contribution is 5.90. The maximum atomic E-state index is 12.6. The fourth-order valence-electron chi connectivity index (χ4n) is 3.32. The van der Waals surface area contributed by atoms with Gasteiger partial charge >= 0.3 is 0 Å². The van der Waals surface area contributed by atoms with Crippen molar-refractivity contribution < 1.29 is 4.79 Å². The van der Waals surface area contributed by atoms with Gasteiger partial charge in [-0.1, -0.05) is 26.2 Å². The number of unbranched alkanes of at least 4 members (excludes halogenated alkanes) is 1. The second-order valence-corrected chi connectivity index (χ2v) is 6.10. The van der Waals surface area contributed by atoms with E-state index in [1.807, 2.05) is 0 Å². The zero-order valence-corrected chi connectivity index (χ0v) is 12.8. The summed E-state index contributed by atoms with van der Waals surface area (Å²) in [5.74, 6) is 0.346. The van der Waals surface area contributed by atoms with Gasteiger partial charge in [-0.2, -0.15) is 5.26 Å². The first-order valence-electron chi connectivity index (χ1n) is 8.09. The van der Waals surface area contributed by atoms with E-state index in [1.165, 1.54) is 19.3 Å². The third-order valence-corrected chi connectivity index (χ3v) is 4.67. The van der Waals surface area contributed by atoms with Crippen molar-refractivity contribution in [1.82, 2.24) is 4.98 Å². The Hall–Kier alpha value is -1.69. The first-order valence-corrected chi connectivity index (χ1v) is 8.09. The summed E-state index contributed by atoms with van der Waals surface area (Å²) in [6.07, 6.45) is 11.3. The van der Waals surface area contributed by atoms with Crippen LogP contribution in [0.25, 0.3) is 0 Å². The van der Waals surface area contributed by atoms with Crippen molar-refractivity contribution in [3.63, 3.8) is 0 Å². The van der Waals surface area contributed by atoms with E-state index in [0.717, 1.165) is 37.2 Å². The van der Waals surface area contributed by atoms with Crippen LogP contribution in [0.15, 0.2) is 24.5 Å². The molecule has 112 valence electrons. The van der Waals surface area contributed by atoms with Crippen molar-refractivity contribution >= 4 is 5.78 Å². The molecular weight excluding hydrogens is 260 g/mol. The molecule has 1 heterocycles. The molecule has 2 rings (SSSR count). The largest absolute Gasteiger partial charge is 0.298 e. The molecule has 0 bridgehead atoms. The number of hydrogen-bond acceptors (Lipinski definition) is 3. The van der Waals surface area contributed by atoms with Crippen LogP contribution in [0.2, 0.25) is 0 Å². The Morgan fingerprint density at radius 2 is 2.00 bits per heavy atom. The van der Waals surface area contributed by atoms with E-state index in [1.54, 1.807) is 24.5 Å². The topological polar surface area (TPSA) is 53.8 Å². The van der Waals surface area contributed by atoms with Crippen LogP contribution in [0.5, 0.6) is 0 Å². The molecule has 1 fully saturated rings. The van der Waals surface area contributed by atoms with Crippen LogP contribution in [-0.4, -0.2) is 10.8 Å². The van der Waals surface area contributed by atoms with E-state index in [4.69, 9.17) is 0 Å². The van der Waals surface area contributed by atoms with Crippen molar-refractivity contribution in [3.8, 4) is 6.07 Å². The highest BCUT2D eigenvalue weighted by Crippen LogP contribution is 2.35. The molecule has 0 saturated heterocycles. The van der Waals surface area contributed by atoms with Crippen LogP contribution >= 0.6 is 0 Å². The third-order valence-electron chi connectivity index (χ3n) is 4.67. The van der Waals surface area contributed by atoms with Crippen LogP contribution < -0.4 is 0 Å². The van der Waals surface area contributed by atoms with E-state index in [-0.39, 0.29) is 11.7 Å². The Morgan fingerprint density at radius 3 is 2.57 bits per heavy atom. The van der Waals surface area contributed by atoms with E-state index in [0.29, 0.717) is 0 Å². The number of pyridine rings is 1. The number of ketones is 1. The van der Waals surface area contributed by atoms with Gasteiger partial charge in [0.25, 0.3) is 0 Å². The maximum Gasteiger partial charge on any atom is 0.157 e. The molecule has 0 amide bonds. The number of Topliss-reactive ketones (excluding diaryl/α,β-unsaturated/α-hetero) is 1.